The third kappa shape index (κ3) is 3.59. The average molecular weight is 319 g/mol. The number of benzene rings is 2. The SMILES string of the molecule is Cc1cc(O)cc(Cl)c1CC(N)C(=O)N(C)c1ccccc1. The van der Waals surface area contributed by atoms with Gasteiger partial charge >= 0.3 is 0 Å². The van der Waals surface area contributed by atoms with Crippen molar-refractivity contribution in [3.05, 3.63) is 58.6 Å². The van der Waals surface area contributed by atoms with Crippen molar-refractivity contribution in [2.45, 2.75) is 19.4 Å². The molecule has 0 radical (unpaired) electrons. The van der Waals surface area contributed by atoms with Crippen LogP contribution in [0.4, 0.5) is 5.69 Å². The lowest BCUT2D eigenvalue weighted by molar-refractivity contribution is -0.119. The summed E-state index contributed by atoms with van der Waals surface area (Å²) in [6.45, 7) is 1.83. The van der Waals surface area contributed by atoms with Gasteiger partial charge in [0.15, 0.2) is 0 Å². The number of amides is 1. The maximum absolute atomic E-state index is 12.4. The first kappa shape index (κ1) is 16.3. The van der Waals surface area contributed by atoms with Crippen molar-refractivity contribution in [3.8, 4) is 5.75 Å². The van der Waals surface area contributed by atoms with Crippen molar-refractivity contribution in [2.75, 3.05) is 11.9 Å². The van der Waals surface area contributed by atoms with Crippen LogP contribution >= 0.6 is 11.6 Å². The van der Waals surface area contributed by atoms with Crippen LogP contribution in [0.1, 0.15) is 11.1 Å². The summed E-state index contributed by atoms with van der Waals surface area (Å²) in [5.41, 5.74) is 8.43. The minimum atomic E-state index is -0.703. The Balaban J connectivity index is 2.15. The zero-order valence-electron chi connectivity index (χ0n) is 12.6. The smallest absolute Gasteiger partial charge is 0.243 e. The van der Waals surface area contributed by atoms with Gasteiger partial charge in [0.1, 0.15) is 5.75 Å². The Hall–Kier alpha value is -2.04. The van der Waals surface area contributed by atoms with Crippen LogP contribution in [0.3, 0.4) is 0 Å². The number of phenolic OH excluding ortho intramolecular Hbond substituents is 1. The summed E-state index contributed by atoms with van der Waals surface area (Å²) in [6, 6.07) is 11.7. The number of rotatable bonds is 4. The normalized spacial score (nSPS) is 12.0. The summed E-state index contributed by atoms with van der Waals surface area (Å²) in [5, 5.41) is 9.93. The number of hydrogen-bond donors (Lipinski definition) is 2. The zero-order valence-corrected chi connectivity index (χ0v) is 13.3. The monoisotopic (exact) mass is 318 g/mol. The van der Waals surface area contributed by atoms with E-state index < -0.39 is 6.04 Å². The molecule has 1 atom stereocenters. The van der Waals surface area contributed by atoms with Crippen molar-refractivity contribution < 1.29 is 9.90 Å². The van der Waals surface area contributed by atoms with Crippen LogP contribution in [-0.2, 0) is 11.2 Å². The number of para-hydroxylation sites is 1. The van der Waals surface area contributed by atoms with E-state index in [4.69, 9.17) is 17.3 Å². The number of hydrogen-bond acceptors (Lipinski definition) is 3. The fourth-order valence-corrected chi connectivity index (χ4v) is 2.69. The van der Waals surface area contributed by atoms with Gasteiger partial charge in [-0.25, -0.2) is 0 Å². The minimum Gasteiger partial charge on any atom is -0.508 e. The van der Waals surface area contributed by atoms with Gasteiger partial charge in [-0.2, -0.15) is 0 Å². The largest absolute Gasteiger partial charge is 0.508 e. The Morgan fingerprint density at radius 2 is 1.95 bits per heavy atom. The number of aromatic hydroxyl groups is 1. The van der Waals surface area contributed by atoms with E-state index in [2.05, 4.69) is 0 Å². The van der Waals surface area contributed by atoms with Crippen molar-refractivity contribution in [1.29, 1.82) is 0 Å². The number of halogens is 1. The van der Waals surface area contributed by atoms with Crippen LogP contribution in [0.5, 0.6) is 5.75 Å². The number of carbonyl (C=O) groups excluding carboxylic acids is 1. The van der Waals surface area contributed by atoms with Gasteiger partial charge in [0.25, 0.3) is 0 Å². The van der Waals surface area contributed by atoms with Crippen molar-refractivity contribution in [2.24, 2.45) is 5.73 Å². The van der Waals surface area contributed by atoms with Gasteiger partial charge in [-0.1, -0.05) is 29.8 Å². The number of nitrogens with two attached hydrogens (primary N) is 1. The molecule has 0 bridgehead atoms. The van der Waals surface area contributed by atoms with Gasteiger partial charge in [0, 0.05) is 17.8 Å². The number of aryl methyl sites for hydroxylation is 1. The van der Waals surface area contributed by atoms with E-state index in [0.29, 0.717) is 11.4 Å². The third-order valence-electron chi connectivity index (χ3n) is 3.62. The summed E-state index contributed by atoms with van der Waals surface area (Å²) in [7, 11) is 1.70. The first-order valence-electron chi connectivity index (χ1n) is 6.96. The zero-order chi connectivity index (χ0) is 16.3. The second kappa shape index (κ2) is 6.81. The predicted molar refractivity (Wildman–Crippen MR) is 89.4 cm³/mol. The summed E-state index contributed by atoms with van der Waals surface area (Å²) in [6.07, 6.45) is 0.320. The first-order valence-corrected chi connectivity index (χ1v) is 7.34. The Kier molecular flexibility index (Phi) is 5.06. The molecule has 0 saturated heterocycles. The second-order valence-electron chi connectivity index (χ2n) is 5.27. The van der Waals surface area contributed by atoms with E-state index in [1.807, 2.05) is 37.3 Å². The highest BCUT2D eigenvalue weighted by molar-refractivity contribution is 6.31. The van der Waals surface area contributed by atoms with E-state index in [1.54, 1.807) is 13.1 Å². The molecule has 1 amide bonds. The molecular weight excluding hydrogens is 300 g/mol. The maximum Gasteiger partial charge on any atom is 0.243 e. The van der Waals surface area contributed by atoms with Crippen LogP contribution < -0.4 is 10.6 Å². The molecule has 2 rings (SSSR count). The highest BCUT2D eigenvalue weighted by atomic mass is 35.5. The van der Waals surface area contributed by atoms with Gasteiger partial charge in [-0.15, -0.1) is 0 Å². The first-order chi connectivity index (χ1) is 10.4. The molecule has 0 aliphatic heterocycles. The number of anilines is 1. The maximum atomic E-state index is 12.4. The topological polar surface area (TPSA) is 66.6 Å². The molecule has 0 saturated carbocycles. The molecule has 0 aliphatic rings. The predicted octanol–water partition coefficient (Wildman–Crippen LogP) is 2.89. The van der Waals surface area contributed by atoms with E-state index in [-0.39, 0.29) is 11.7 Å². The van der Waals surface area contributed by atoms with Gasteiger partial charge in [-0.3, -0.25) is 4.79 Å². The molecule has 5 heteroatoms. The number of carbonyl (C=O) groups is 1. The molecule has 4 nitrogen and oxygen atoms in total. The molecule has 2 aromatic rings. The van der Waals surface area contributed by atoms with E-state index in [0.717, 1.165) is 16.8 Å². The van der Waals surface area contributed by atoms with Crippen molar-refractivity contribution >= 4 is 23.2 Å². The Morgan fingerprint density at radius 1 is 1.32 bits per heavy atom. The third-order valence-corrected chi connectivity index (χ3v) is 3.96. The Morgan fingerprint density at radius 3 is 2.55 bits per heavy atom. The van der Waals surface area contributed by atoms with Crippen LogP contribution in [0, 0.1) is 6.92 Å². The lowest BCUT2D eigenvalue weighted by Crippen LogP contribution is -2.43. The molecule has 22 heavy (non-hydrogen) atoms. The fraction of sp³-hybridized carbons (Fsp3) is 0.235. The van der Waals surface area contributed by atoms with Gasteiger partial charge in [0.05, 0.1) is 6.04 Å². The number of likely N-dealkylation sites (N-methyl/N-ethyl adjacent to an activating group) is 1. The van der Waals surface area contributed by atoms with Crippen molar-refractivity contribution in [3.63, 3.8) is 0 Å². The van der Waals surface area contributed by atoms with Crippen LogP contribution in [0.2, 0.25) is 5.02 Å². The average Bonchev–Trinajstić information content (AvgIpc) is 2.50. The molecule has 0 heterocycles. The van der Waals surface area contributed by atoms with Crippen molar-refractivity contribution in [1.82, 2.24) is 0 Å². The Labute approximate surface area is 135 Å². The molecule has 116 valence electrons. The summed E-state index contributed by atoms with van der Waals surface area (Å²) in [5.74, 6) is -0.0812. The molecule has 0 aliphatic carbocycles. The summed E-state index contributed by atoms with van der Waals surface area (Å²) in [4.78, 5) is 14.0. The molecular formula is C17H19ClN2O2. The minimum absolute atomic E-state index is 0.104. The number of phenols is 1. The highest BCUT2D eigenvalue weighted by Crippen LogP contribution is 2.27. The molecule has 0 aromatic heterocycles. The van der Waals surface area contributed by atoms with Crippen LogP contribution in [0.15, 0.2) is 42.5 Å². The second-order valence-corrected chi connectivity index (χ2v) is 5.67. The molecule has 2 aromatic carbocycles. The van der Waals surface area contributed by atoms with Gasteiger partial charge in [0.2, 0.25) is 5.91 Å². The lowest BCUT2D eigenvalue weighted by Gasteiger charge is -2.22. The quantitative estimate of drug-likeness (QED) is 0.911. The molecule has 0 spiro atoms. The summed E-state index contributed by atoms with van der Waals surface area (Å²) >= 11 is 6.14. The van der Waals surface area contributed by atoms with E-state index >= 15 is 0 Å². The molecule has 1 unspecified atom stereocenters. The summed E-state index contributed by atoms with van der Waals surface area (Å²) < 4.78 is 0. The van der Waals surface area contributed by atoms with Gasteiger partial charge < -0.3 is 15.7 Å². The number of nitrogens with zero attached hydrogens (tertiary/aromatic N) is 1. The van der Waals surface area contributed by atoms with Gasteiger partial charge in [-0.05, 0) is 48.7 Å². The lowest BCUT2D eigenvalue weighted by atomic mass is 10.00. The fourth-order valence-electron chi connectivity index (χ4n) is 2.35. The standard InChI is InChI=1S/C17H19ClN2O2/c1-11-8-13(21)9-15(18)14(11)10-16(19)17(22)20(2)12-6-4-3-5-7-12/h3-9,16,21H,10,19H2,1-2H3. The molecule has 0 fully saturated rings. The van der Waals surface area contributed by atoms with E-state index in [9.17, 15) is 9.90 Å². The van der Waals surface area contributed by atoms with Crippen LogP contribution in [-0.4, -0.2) is 24.1 Å². The molecule has 3 N–H and O–H groups in total. The van der Waals surface area contributed by atoms with Crippen LogP contribution in [0.25, 0.3) is 0 Å². The van der Waals surface area contributed by atoms with E-state index in [1.165, 1.54) is 11.0 Å². The highest BCUT2D eigenvalue weighted by Gasteiger charge is 2.21. The Bertz CT molecular complexity index is 651.